The van der Waals surface area contributed by atoms with E-state index >= 15 is 0 Å². The number of benzene rings is 6. The number of hydrogen-bond acceptors (Lipinski definition) is 2. The first-order valence-corrected chi connectivity index (χ1v) is 14.7. The Balaban J connectivity index is 1.35. The summed E-state index contributed by atoms with van der Waals surface area (Å²) in [6, 6.07) is 42.1. The monoisotopic (exact) mass is 535 g/mol. The summed E-state index contributed by atoms with van der Waals surface area (Å²) in [6.07, 6.45) is 6.85. The van der Waals surface area contributed by atoms with E-state index in [9.17, 15) is 0 Å². The van der Waals surface area contributed by atoms with Crippen LogP contribution in [0, 0.1) is 0 Å². The summed E-state index contributed by atoms with van der Waals surface area (Å²) in [7, 11) is 0. The lowest BCUT2D eigenvalue weighted by atomic mass is 9.95. The van der Waals surface area contributed by atoms with Crippen LogP contribution in [0.15, 0.2) is 127 Å². The molecule has 3 heteroatoms. The molecule has 0 radical (unpaired) electrons. The molecule has 10 rings (SSSR count). The van der Waals surface area contributed by atoms with Crippen molar-refractivity contribution in [3.05, 3.63) is 139 Å². The summed E-state index contributed by atoms with van der Waals surface area (Å²) in [5.74, 6) is 0.911. The molecule has 0 bridgehead atoms. The summed E-state index contributed by atoms with van der Waals surface area (Å²) < 4.78 is 2.37. The van der Waals surface area contributed by atoms with Gasteiger partial charge in [-0.2, -0.15) is 0 Å². The van der Waals surface area contributed by atoms with Gasteiger partial charge >= 0.3 is 0 Å². The molecule has 0 spiro atoms. The lowest BCUT2D eigenvalue weighted by Crippen LogP contribution is -2.14. The minimum absolute atomic E-state index is 0.911. The van der Waals surface area contributed by atoms with Crippen LogP contribution in [-0.2, 0) is 0 Å². The van der Waals surface area contributed by atoms with Gasteiger partial charge in [0.05, 0.1) is 28.1 Å². The zero-order valence-electron chi connectivity index (χ0n) is 22.9. The zero-order valence-corrected chi connectivity index (χ0v) is 22.9. The molecule has 0 unspecified atom stereocenters. The molecule has 0 N–H and O–H groups in total. The molecule has 6 aromatic carbocycles. The van der Waals surface area contributed by atoms with Crippen LogP contribution in [-0.4, -0.2) is 9.55 Å². The standard InChI is InChI=1S/C39H25N3/c1-2-11-25-23-37-32(22-24(25)10-1)28-14-5-7-18-34(28)41(39-40-33-17-6-8-19-36(33)42(37)39)35-21-20-30-27-13-4-3-12-26(27)29-15-9-16-31(35)38(29)30/h1-3,5-12,14-23H,4,13H2. The zero-order chi connectivity index (χ0) is 27.4. The molecule has 7 aromatic rings. The van der Waals surface area contributed by atoms with Gasteiger partial charge in [0.15, 0.2) is 0 Å². The van der Waals surface area contributed by atoms with Crippen molar-refractivity contribution in [2.45, 2.75) is 12.8 Å². The maximum absolute atomic E-state index is 5.36. The number of rotatable bonds is 1. The molecule has 1 aliphatic heterocycles. The molecule has 3 nitrogen and oxygen atoms in total. The molecular formula is C39H25N3. The Bertz CT molecular complexity index is 2370. The van der Waals surface area contributed by atoms with E-state index in [0.717, 1.165) is 46.9 Å². The first kappa shape index (κ1) is 22.3. The van der Waals surface area contributed by atoms with E-state index in [2.05, 4.69) is 137 Å². The molecule has 196 valence electrons. The van der Waals surface area contributed by atoms with Crippen molar-refractivity contribution in [2.24, 2.45) is 0 Å². The number of fused-ring (bicyclic) bond motifs is 10. The SMILES string of the molecule is C1=CC2=C(CC1)c1ccc(N3c4ccccc4-c4cc5ccccc5cc4-n4c3nc3ccccc34)c3cccc2c13. The van der Waals surface area contributed by atoms with Crippen LogP contribution in [0.25, 0.3) is 60.5 Å². The number of imidazole rings is 1. The van der Waals surface area contributed by atoms with Crippen molar-refractivity contribution in [3.8, 4) is 16.8 Å². The molecule has 0 saturated heterocycles. The highest BCUT2D eigenvalue weighted by Crippen LogP contribution is 2.53. The molecule has 0 saturated carbocycles. The molecule has 1 aromatic heterocycles. The highest BCUT2D eigenvalue weighted by Gasteiger charge is 2.32. The second-order valence-electron chi connectivity index (χ2n) is 11.5. The third kappa shape index (κ3) is 2.82. The summed E-state index contributed by atoms with van der Waals surface area (Å²) in [5.41, 5.74) is 13.6. The van der Waals surface area contributed by atoms with Crippen molar-refractivity contribution < 1.29 is 0 Å². The minimum atomic E-state index is 0.911. The lowest BCUT2D eigenvalue weighted by molar-refractivity contribution is 1.05. The van der Waals surface area contributed by atoms with Crippen LogP contribution < -0.4 is 4.90 Å². The maximum atomic E-state index is 5.36. The number of para-hydroxylation sites is 3. The van der Waals surface area contributed by atoms with Gasteiger partial charge in [-0.1, -0.05) is 91.0 Å². The smallest absolute Gasteiger partial charge is 0.220 e. The molecule has 2 heterocycles. The predicted molar refractivity (Wildman–Crippen MR) is 175 cm³/mol. The highest BCUT2D eigenvalue weighted by atomic mass is 15.3. The molecule has 3 aliphatic rings. The first-order chi connectivity index (χ1) is 20.8. The molecule has 0 fully saturated rings. The van der Waals surface area contributed by atoms with Gasteiger partial charge in [0.2, 0.25) is 5.95 Å². The minimum Gasteiger partial charge on any atom is -0.279 e. The molecule has 42 heavy (non-hydrogen) atoms. The second-order valence-corrected chi connectivity index (χ2v) is 11.5. The number of allylic oxidation sites excluding steroid dienone is 4. The van der Waals surface area contributed by atoms with Crippen LogP contribution in [0.5, 0.6) is 0 Å². The quantitative estimate of drug-likeness (QED) is 0.208. The van der Waals surface area contributed by atoms with Crippen LogP contribution in [0.3, 0.4) is 0 Å². The van der Waals surface area contributed by atoms with E-state index in [1.54, 1.807) is 0 Å². The van der Waals surface area contributed by atoms with Gasteiger partial charge in [0, 0.05) is 16.5 Å². The summed E-state index contributed by atoms with van der Waals surface area (Å²) in [6.45, 7) is 0. The Labute approximate surface area is 243 Å². The molecule has 0 atom stereocenters. The fourth-order valence-electron chi connectivity index (χ4n) is 7.53. The molecular weight excluding hydrogens is 510 g/mol. The van der Waals surface area contributed by atoms with Crippen LogP contribution in [0.1, 0.15) is 24.0 Å². The van der Waals surface area contributed by atoms with E-state index < -0.39 is 0 Å². The normalized spacial score (nSPS) is 14.7. The Kier molecular flexibility index (Phi) is 4.29. The second kappa shape index (κ2) is 8.08. The van der Waals surface area contributed by atoms with Gasteiger partial charge in [0.25, 0.3) is 0 Å². The third-order valence-corrected chi connectivity index (χ3v) is 9.33. The molecule has 2 aliphatic carbocycles. The van der Waals surface area contributed by atoms with Crippen molar-refractivity contribution in [3.63, 3.8) is 0 Å². The van der Waals surface area contributed by atoms with E-state index in [4.69, 9.17) is 4.98 Å². The van der Waals surface area contributed by atoms with E-state index in [1.807, 2.05) is 0 Å². The predicted octanol–water partition coefficient (Wildman–Crippen LogP) is 10.4. The van der Waals surface area contributed by atoms with Gasteiger partial charge in [-0.25, -0.2) is 4.98 Å². The van der Waals surface area contributed by atoms with Crippen molar-refractivity contribution in [1.29, 1.82) is 0 Å². The third-order valence-electron chi connectivity index (χ3n) is 9.33. The topological polar surface area (TPSA) is 21.1 Å². The number of aromatic nitrogens is 2. The largest absolute Gasteiger partial charge is 0.279 e. The summed E-state index contributed by atoms with van der Waals surface area (Å²) in [4.78, 5) is 7.75. The highest BCUT2D eigenvalue weighted by molar-refractivity contribution is 6.19. The van der Waals surface area contributed by atoms with Crippen molar-refractivity contribution in [2.75, 3.05) is 4.90 Å². The summed E-state index contributed by atoms with van der Waals surface area (Å²) >= 11 is 0. The number of hydrogen-bond donors (Lipinski definition) is 0. The van der Waals surface area contributed by atoms with Gasteiger partial charge in [0.1, 0.15) is 0 Å². The van der Waals surface area contributed by atoms with E-state index in [0.29, 0.717) is 0 Å². The Hall–Kier alpha value is -5.41. The van der Waals surface area contributed by atoms with Crippen molar-refractivity contribution >= 4 is 61.0 Å². The average molecular weight is 536 g/mol. The van der Waals surface area contributed by atoms with Crippen LogP contribution >= 0.6 is 0 Å². The first-order valence-electron chi connectivity index (χ1n) is 14.7. The average Bonchev–Trinajstić information content (AvgIpc) is 3.55. The lowest BCUT2D eigenvalue weighted by Gasteiger charge is -2.26. The Morgan fingerprint density at radius 1 is 0.595 bits per heavy atom. The molecule has 0 amide bonds. The maximum Gasteiger partial charge on any atom is 0.220 e. The van der Waals surface area contributed by atoms with Gasteiger partial charge in [-0.3, -0.25) is 9.47 Å². The van der Waals surface area contributed by atoms with Crippen LogP contribution in [0.2, 0.25) is 0 Å². The van der Waals surface area contributed by atoms with Gasteiger partial charge < -0.3 is 0 Å². The van der Waals surface area contributed by atoms with E-state index in [-0.39, 0.29) is 0 Å². The number of nitrogens with zero attached hydrogens (tertiary/aromatic N) is 3. The fraction of sp³-hybridized carbons (Fsp3) is 0.0513. The van der Waals surface area contributed by atoms with Gasteiger partial charge in [-0.05, 0) is 87.7 Å². The van der Waals surface area contributed by atoms with Gasteiger partial charge in [-0.15, -0.1) is 0 Å². The fourth-order valence-corrected chi connectivity index (χ4v) is 7.53. The summed E-state index contributed by atoms with van der Waals surface area (Å²) in [5, 5.41) is 5.08. The van der Waals surface area contributed by atoms with Crippen molar-refractivity contribution in [1.82, 2.24) is 9.55 Å². The Morgan fingerprint density at radius 3 is 2.36 bits per heavy atom. The Morgan fingerprint density at radius 2 is 1.40 bits per heavy atom. The van der Waals surface area contributed by atoms with E-state index in [1.165, 1.54) is 54.9 Å². The number of anilines is 3. The van der Waals surface area contributed by atoms with Crippen LogP contribution in [0.4, 0.5) is 17.3 Å².